The summed E-state index contributed by atoms with van der Waals surface area (Å²) in [5, 5.41) is 11.3. The normalized spacial score (nSPS) is 10.6. The predicted octanol–water partition coefficient (Wildman–Crippen LogP) is 1.70. The molecule has 0 aliphatic carbocycles. The molecule has 0 spiro atoms. The first kappa shape index (κ1) is 19.2. The molecule has 146 valence electrons. The second-order valence-electron chi connectivity index (χ2n) is 6.14. The van der Waals surface area contributed by atoms with Crippen LogP contribution in [0.5, 0.6) is 11.5 Å². The number of aryl methyl sites for hydroxylation is 2. The molecule has 3 rings (SSSR count). The number of aromatic nitrogens is 4. The van der Waals surface area contributed by atoms with Crippen LogP contribution in [-0.4, -0.2) is 39.7 Å². The van der Waals surface area contributed by atoms with Crippen molar-refractivity contribution in [3.63, 3.8) is 0 Å². The Labute approximate surface area is 161 Å². The van der Waals surface area contributed by atoms with Crippen molar-refractivity contribution in [3.8, 4) is 17.3 Å². The SMILES string of the molecule is COc1ccc(OC)c(NC(=O)Cn2nc(-n3nc(C)cc3C)ccc2=O)c1. The Kier molecular flexibility index (Phi) is 5.44. The maximum absolute atomic E-state index is 12.5. The molecule has 0 saturated carbocycles. The minimum atomic E-state index is -0.424. The molecule has 1 aromatic carbocycles. The van der Waals surface area contributed by atoms with Gasteiger partial charge in [-0.25, -0.2) is 9.36 Å². The second-order valence-corrected chi connectivity index (χ2v) is 6.14. The van der Waals surface area contributed by atoms with Crippen molar-refractivity contribution in [1.82, 2.24) is 19.6 Å². The first-order valence-electron chi connectivity index (χ1n) is 8.55. The third-order valence-corrected chi connectivity index (χ3v) is 4.05. The van der Waals surface area contributed by atoms with Gasteiger partial charge < -0.3 is 14.8 Å². The molecule has 9 heteroatoms. The summed E-state index contributed by atoms with van der Waals surface area (Å²) in [5.74, 6) is 1.08. The number of benzene rings is 1. The van der Waals surface area contributed by atoms with Crippen LogP contribution < -0.4 is 20.3 Å². The van der Waals surface area contributed by atoms with Crippen molar-refractivity contribution < 1.29 is 14.3 Å². The number of amides is 1. The van der Waals surface area contributed by atoms with Crippen molar-refractivity contribution in [2.45, 2.75) is 20.4 Å². The van der Waals surface area contributed by atoms with Gasteiger partial charge in [0.25, 0.3) is 5.56 Å². The Bertz CT molecular complexity index is 1070. The number of carbonyl (C=O) groups is 1. The highest BCUT2D eigenvalue weighted by Gasteiger charge is 2.13. The van der Waals surface area contributed by atoms with Gasteiger partial charge >= 0.3 is 0 Å². The molecule has 9 nitrogen and oxygen atoms in total. The van der Waals surface area contributed by atoms with Gasteiger partial charge in [0.05, 0.1) is 25.6 Å². The fourth-order valence-electron chi connectivity index (χ4n) is 2.76. The lowest BCUT2D eigenvalue weighted by Crippen LogP contribution is -2.30. The number of rotatable bonds is 6. The van der Waals surface area contributed by atoms with Crippen molar-refractivity contribution in [1.29, 1.82) is 0 Å². The zero-order chi connectivity index (χ0) is 20.3. The maximum atomic E-state index is 12.5. The number of hydrogen-bond acceptors (Lipinski definition) is 6. The molecule has 1 amide bonds. The number of methoxy groups -OCH3 is 2. The first-order valence-corrected chi connectivity index (χ1v) is 8.55. The summed E-state index contributed by atoms with van der Waals surface area (Å²) < 4.78 is 13.1. The van der Waals surface area contributed by atoms with Crippen LogP contribution in [0.15, 0.2) is 41.2 Å². The summed E-state index contributed by atoms with van der Waals surface area (Å²) in [5.41, 5.74) is 1.76. The summed E-state index contributed by atoms with van der Waals surface area (Å²) >= 11 is 0. The molecule has 1 N–H and O–H groups in total. The number of nitrogens with one attached hydrogen (secondary N) is 1. The molecular formula is C19H21N5O4. The van der Waals surface area contributed by atoms with Crippen molar-refractivity contribution in [2.75, 3.05) is 19.5 Å². The Morgan fingerprint density at radius 1 is 1.07 bits per heavy atom. The van der Waals surface area contributed by atoms with Gasteiger partial charge in [-0.3, -0.25) is 9.59 Å². The van der Waals surface area contributed by atoms with E-state index in [1.807, 2.05) is 19.9 Å². The van der Waals surface area contributed by atoms with Gasteiger partial charge in [-0.2, -0.15) is 5.10 Å². The monoisotopic (exact) mass is 383 g/mol. The van der Waals surface area contributed by atoms with E-state index in [1.165, 1.54) is 20.3 Å². The predicted molar refractivity (Wildman–Crippen MR) is 103 cm³/mol. The molecule has 0 unspecified atom stereocenters. The van der Waals surface area contributed by atoms with Crippen LogP contribution in [0.3, 0.4) is 0 Å². The van der Waals surface area contributed by atoms with E-state index in [4.69, 9.17) is 9.47 Å². The Morgan fingerprint density at radius 2 is 1.86 bits per heavy atom. The summed E-state index contributed by atoms with van der Waals surface area (Å²) in [4.78, 5) is 24.6. The van der Waals surface area contributed by atoms with Gasteiger partial charge in [0.2, 0.25) is 5.91 Å². The molecular weight excluding hydrogens is 362 g/mol. The Balaban J connectivity index is 1.84. The van der Waals surface area contributed by atoms with Crippen LogP contribution in [0.2, 0.25) is 0 Å². The van der Waals surface area contributed by atoms with Gasteiger partial charge in [0.15, 0.2) is 5.82 Å². The standard InChI is InChI=1S/C19H21N5O4/c1-12-9-13(2)24(21-12)17-7-8-19(26)23(22-17)11-18(25)20-15-10-14(27-3)5-6-16(15)28-4/h5-10H,11H2,1-4H3,(H,20,25). The second kappa shape index (κ2) is 7.95. The molecule has 0 aliphatic heterocycles. The van der Waals surface area contributed by atoms with E-state index in [2.05, 4.69) is 15.5 Å². The number of anilines is 1. The number of hydrogen-bond donors (Lipinski definition) is 1. The first-order chi connectivity index (χ1) is 13.4. The third-order valence-electron chi connectivity index (χ3n) is 4.05. The maximum Gasteiger partial charge on any atom is 0.267 e. The zero-order valence-corrected chi connectivity index (χ0v) is 16.1. The average Bonchev–Trinajstić information content (AvgIpc) is 3.01. The van der Waals surface area contributed by atoms with Crippen LogP contribution in [-0.2, 0) is 11.3 Å². The molecule has 0 bridgehead atoms. The minimum Gasteiger partial charge on any atom is -0.497 e. The van der Waals surface area contributed by atoms with Crippen LogP contribution >= 0.6 is 0 Å². The van der Waals surface area contributed by atoms with Crippen LogP contribution in [0, 0.1) is 13.8 Å². The molecule has 0 saturated heterocycles. The number of carbonyl (C=O) groups excluding carboxylic acids is 1. The van der Waals surface area contributed by atoms with Crippen molar-refractivity contribution >= 4 is 11.6 Å². The van der Waals surface area contributed by atoms with Gasteiger partial charge in [-0.1, -0.05) is 0 Å². The highest BCUT2D eigenvalue weighted by atomic mass is 16.5. The lowest BCUT2D eigenvalue weighted by molar-refractivity contribution is -0.117. The lowest BCUT2D eigenvalue weighted by atomic mass is 10.2. The van der Waals surface area contributed by atoms with E-state index in [1.54, 1.807) is 28.9 Å². The molecule has 2 aromatic heterocycles. The van der Waals surface area contributed by atoms with Gasteiger partial charge in [0, 0.05) is 17.8 Å². The third kappa shape index (κ3) is 4.03. The lowest BCUT2D eigenvalue weighted by Gasteiger charge is -2.12. The van der Waals surface area contributed by atoms with Crippen LogP contribution in [0.1, 0.15) is 11.4 Å². The number of ether oxygens (including phenoxy) is 2. The quantitative estimate of drug-likeness (QED) is 0.695. The van der Waals surface area contributed by atoms with Gasteiger partial charge in [0.1, 0.15) is 18.0 Å². The summed E-state index contributed by atoms with van der Waals surface area (Å²) in [6.45, 7) is 3.50. The van der Waals surface area contributed by atoms with E-state index in [0.29, 0.717) is 23.0 Å². The summed E-state index contributed by atoms with van der Waals surface area (Å²) in [6, 6.07) is 9.87. The van der Waals surface area contributed by atoms with E-state index >= 15 is 0 Å². The zero-order valence-electron chi connectivity index (χ0n) is 16.1. The fraction of sp³-hybridized carbons (Fsp3) is 0.263. The van der Waals surface area contributed by atoms with E-state index in [9.17, 15) is 9.59 Å². The molecule has 0 aliphatic rings. The van der Waals surface area contributed by atoms with Crippen molar-refractivity contribution in [3.05, 3.63) is 58.1 Å². The molecule has 2 heterocycles. The average molecular weight is 383 g/mol. The molecule has 28 heavy (non-hydrogen) atoms. The van der Waals surface area contributed by atoms with Crippen LogP contribution in [0.4, 0.5) is 5.69 Å². The number of nitrogens with zero attached hydrogens (tertiary/aromatic N) is 4. The van der Waals surface area contributed by atoms with E-state index in [-0.39, 0.29) is 6.54 Å². The minimum absolute atomic E-state index is 0.258. The summed E-state index contributed by atoms with van der Waals surface area (Å²) in [6.07, 6.45) is 0. The molecule has 0 fully saturated rings. The smallest absolute Gasteiger partial charge is 0.267 e. The molecule has 3 aromatic rings. The van der Waals surface area contributed by atoms with Gasteiger partial charge in [-0.15, -0.1) is 5.10 Å². The van der Waals surface area contributed by atoms with Crippen LogP contribution in [0.25, 0.3) is 5.82 Å². The highest BCUT2D eigenvalue weighted by molar-refractivity contribution is 5.92. The van der Waals surface area contributed by atoms with Gasteiger partial charge in [-0.05, 0) is 38.1 Å². The Morgan fingerprint density at radius 3 is 2.50 bits per heavy atom. The topological polar surface area (TPSA) is 100 Å². The largest absolute Gasteiger partial charge is 0.497 e. The van der Waals surface area contributed by atoms with Crippen molar-refractivity contribution in [2.24, 2.45) is 0 Å². The summed E-state index contributed by atoms with van der Waals surface area (Å²) in [7, 11) is 3.03. The fourth-order valence-corrected chi connectivity index (χ4v) is 2.76. The Hall–Kier alpha value is -3.62. The highest BCUT2D eigenvalue weighted by Crippen LogP contribution is 2.28. The van der Waals surface area contributed by atoms with E-state index < -0.39 is 11.5 Å². The molecule has 0 radical (unpaired) electrons. The van der Waals surface area contributed by atoms with E-state index in [0.717, 1.165) is 16.1 Å². The molecule has 0 atom stereocenters.